The number of aromatic nitrogens is 1. The van der Waals surface area contributed by atoms with E-state index < -0.39 is 0 Å². The second-order valence-electron chi connectivity index (χ2n) is 5.53. The van der Waals surface area contributed by atoms with Crippen LogP contribution in [0.3, 0.4) is 0 Å². The van der Waals surface area contributed by atoms with E-state index in [1.54, 1.807) is 0 Å². The highest BCUT2D eigenvalue weighted by molar-refractivity contribution is 5.17. The molecular weight excluding hydrogens is 238 g/mol. The lowest BCUT2D eigenvalue weighted by Crippen LogP contribution is -2.19. The van der Waals surface area contributed by atoms with E-state index in [0.717, 1.165) is 32.7 Å². The first-order chi connectivity index (χ1) is 9.08. The van der Waals surface area contributed by atoms with Gasteiger partial charge in [-0.3, -0.25) is 0 Å². The summed E-state index contributed by atoms with van der Waals surface area (Å²) in [5.41, 5.74) is 1.20. The van der Waals surface area contributed by atoms with Crippen LogP contribution in [0.4, 0.5) is 0 Å². The van der Waals surface area contributed by atoms with Gasteiger partial charge in [-0.1, -0.05) is 19.9 Å². The minimum atomic E-state index is 0.673. The molecule has 0 saturated heterocycles. The van der Waals surface area contributed by atoms with Gasteiger partial charge in [-0.05, 0) is 38.5 Å². The number of hydrogen-bond donors (Lipinski definition) is 1. The zero-order valence-corrected chi connectivity index (χ0v) is 12.6. The lowest BCUT2D eigenvalue weighted by atomic mass is 10.2. The van der Waals surface area contributed by atoms with E-state index >= 15 is 0 Å². The van der Waals surface area contributed by atoms with Crippen LogP contribution in [0.5, 0.6) is 5.88 Å². The van der Waals surface area contributed by atoms with Gasteiger partial charge >= 0.3 is 0 Å². The van der Waals surface area contributed by atoms with Gasteiger partial charge in [0.25, 0.3) is 0 Å². The van der Waals surface area contributed by atoms with Gasteiger partial charge in [-0.15, -0.1) is 0 Å². The molecule has 4 nitrogen and oxygen atoms in total. The Labute approximate surface area is 117 Å². The van der Waals surface area contributed by atoms with Crippen LogP contribution in [-0.2, 0) is 6.54 Å². The Balaban J connectivity index is 2.23. The quantitative estimate of drug-likeness (QED) is 0.694. The summed E-state index contributed by atoms with van der Waals surface area (Å²) in [4.78, 5) is 6.47. The molecule has 108 valence electrons. The minimum Gasteiger partial charge on any atom is -0.478 e. The van der Waals surface area contributed by atoms with Gasteiger partial charge in [0.15, 0.2) is 0 Å². The van der Waals surface area contributed by atoms with Gasteiger partial charge < -0.3 is 15.0 Å². The van der Waals surface area contributed by atoms with Crippen molar-refractivity contribution < 1.29 is 4.74 Å². The normalized spacial score (nSPS) is 11.3. The molecule has 0 aliphatic rings. The maximum atomic E-state index is 5.60. The number of rotatable bonds is 9. The summed E-state index contributed by atoms with van der Waals surface area (Å²) in [6.45, 7) is 8.06. The lowest BCUT2D eigenvalue weighted by molar-refractivity contribution is 0.273. The molecule has 4 heteroatoms. The van der Waals surface area contributed by atoms with Crippen molar-refractivity contribution in [1.82, 2.24) is 15.2 Å². The number of hydrogen-bond acceptors (Lipinski definition) is 4. The maximum Gasteiger partial charge on any atom is 0.213 e. The highest BCUT2D eigenvalue weighted by Gasteiger charge is 1.99. The Kier molecular flexibility index (Phi) is 7.45. The Morgan fingerprint density at radius 1 is 1.32 bits per heavy atom. The zero-order chi connectivity index (χ0) is 14.1. The predicted octanol–water partition coefficient (Wildman–Crippen LogP) is 2.16. The lowest BCUT2D eigenvalue weighted by Gasteiger charge is -2.10. The first kappa shape index (κ1) is 15.9. The molecule has 0 amide bonds. The van der Waals surface area contributed by atoms with Crippen LogP contribution in [-0.4, -0.2) is 43.7 Å². The van der Waals surface area contributed by atoms with E-state index in [-0.39, 0.29) is 0 Å². The topological polar surface area (TPSA) is 37.4 Å². The Bertz CT molecular complexity index is 336. The van der Waals surface area contributed by atoms with Gasteiger partial charge in [0.05, 0.1) is 6.61 Å². The molecule has 1 heterocycles. The van der Waals surface area contributed by atoms with Crippen molar-refractivity contribution in [3.8, 4) is 5.88 Å². The third-order valence-electron chi connectivity index (χ3n) is 2.68. The molecule has 0 radical (unpaired) electrons. The zero-order valence-electron chi connectivity index (χ0n) is 12.6. The highest BCUT2D eigenvalue weighted by Crippen LogP contribution is 2.08. The summed E-state index contributed by atoms with van der Waals surface area (Å²) >= 11 is 0. The van der Waals surface area contributed by atoms with E-state index in [4.69, 9.17) is 4.74 Å². The minimum absolute atomic E-state index is 0.673. The standard InChI is InChI=1S/C15H27N3O/c1-13(2)10-16-11-14-6-7-15(17-12-14)19-9-5-8-18(3)4/h6-7,12-13,16H,5,8-11H2,1-4H3. The van der Waals surface area contributed by atoms with Crippen molar-refractivity contribution in [1.29, 1.82) is 0 Å². The monoisotopic (exact) mass is 265 g/mol. The fourth-order valence-electron chi connectivity index (χ4n) is 1.66. The first-order valence-corrected chi connectivity index (χ1v) is 7.01. The van der Waals surface area contributed by atoms with E-state index in [1.807, 2.05) is 12.3 Å². The van der Waals surface area contributed by atoms with Crippen LogP contribution < -0.4 is 10.1 Å². The summed E-state index contributed by atoms with van der Waals surface area (Å²) in [5.74, 6) is 1.39. The number of ether oxygens (including phenoxy) is 1. The molecule has 0 saturated carbocycles. The fraction of sp³-hybridized carbons (Fsp3) is 0.667. The van der Waals surface area contributed by atoms with E-state index in [9.17, 15) is 0 Å². The molecule has 0 spiro atoms. The van der Waals surface area contributed by atoms with E-state index in [0.29, 0.717) is 11.8 Å². The molecule has 19 heavy (non-hydrogen) atoms. The smallest absolute Gasteiger partial charge is 0.213 e. The SMILES string of the molecule is CC(C)CNCc1ccc(OCCCN(C)C)nc1. The van der Waals surface area contributed by atoms with Crippen molar-refractivity contribution in [2.45, 2.75) is 26.8 Å². The van der Waals surface area contributed by atoms with Gasteiger partial charge in [-0.25, -0.2) is 4.98 Å². The van der Waals surface area contributed by atoms with Crippen LogP contribution in [0.1, 0.15) is 25.8 Å². The Morgan fingerprint density at radius 2 is 2.11 bits per heavy atom. The van der Waals surface area contributed by atoms with Crippen molar-refractivity contribution in [3.63, 3.8) is 0 Å². The number of nitrogens with zero attached hydrogens (tertiary/aromatic N) is 2. The van der Waals surface area contributed by atoms with Crippen molar-refractivity contribution in [2.75, 3.05) is 33.8 Å². The van der Waals surface area contributed by atoms with Crippen molar-refractivity contribution >= 4 is 0 Å². The molecule has 0 atom stereocenters. The average molecular weight is 265 g/mol. The summed E-state index contributed by atoms with van der Waals surface area (Å²) in [5, 5.41) is 3.40. The number of pyridine rings is 1. The number of nitrogens with one attached hydrogen (secondary N) is 1. The van der Waals surface area contributed by atoms with Crippen LogP contribution in [0.2, 0.25) is 0 Å². The summed E-state index contributed by atoms with van der Waals surface area (Å²) in [7, 11) is 4.13. The molecule has 0 aliphatic heterocycles. The van der Waals surface area contributed by atoms with E-state index in [2.05, 4.69) is 49.2 Å². The second-order valence-corrected chi connectivity index (χ2v) is 5.53. The fourth-order valence-corrected chi connectivity index (χ4v) is 1.66. The molecule has 0 bridgehead atoms. The molecule has 0 unspecified atom stereocenters. The molecule has 1 rings (SSSR count). The molecular formula is C15H27N3O. The molecule has 0 fully saturated rings. The first-order valence-electron chi connectivity index (χ1n) is 7.01. The van der Waals surface area contributed by atoms with Gasteiger partial charge in [-0.2, -0.15) is 0 Å². The molecule has 0 aliphatic carbocycles. The van der Waals surface area contributed by atoms with Crippen molar-refractivity contribution in [2.24, 2.45) is 5.92 Å². The summed E-state index contributed by atoms with van der Waals surface area (Å²) in [6, 6.07) is 4.02. The van der Waals surface area contributed by atoms with Crippen LogP contribution in [0, 0.1) is 5.92 Å². The summed E-state index contributed by atoms with van der Waals surface area (Å²) in [6.07, 6.45) is 2.90. The average Bonchev–Trinajstić information content (AvgIpc) is 2.36. The molecule has 1 aromatic rings. The maximum absolute atomic E-state index is 5.60. The van der Waals surface area contributed by atoms with Crippen molar-refractivity contribution in [3.05, 3.63) is 23.9 Å². The van der Waals surface area contributed by atoms with Crippen LogP contribution >= 0.6 is 0 Å². The third-order valence-corrected chi connectivity index (χ3v) is 2.68. The summed E-state index contributed by atoms with van der Waals surface area (Å²) < 4.78 is 5.60. The van der Waals surface area contributed by atoms with Crippen LogP contribution in [0.25, 0.3) is 0 Å². The second kappa shape index (κ2) is 8.88. The molecule has 1 aromatic heterocycles. The predicted molar refractivity (Wildman–Crippen MR) is 79.4 cm³/mol. The third kappa shape index (κ3) is 7.80. The van der Waals surface area contributed by atoms with Crippen LogP contribution in [0.15, 0.2) is 18.3 Å². The Hall–Kier alpha value is -1.13. The van der Waals surface area contributed by atoms with Gasteiger partial charge in [0.2, 0.25) is 5.88 Å². The molecule has 1 N–H and O–H groups in total. The van der Waals surface area contributed by atoms with E-state index in [1.165, 1.54) is 5.56 Å². The van der Waals surface area contributed by atoms with Gasteiger partial charge in [0.1, 0.15) is 0 Å². The molecule has 0 aromatic carbocycles. The Morgan fingerprint density at radius 3 is 2.68 bits per heavy atom. The van der Waals surface area contributed by atoms with Gasteiger partial charge in [0, 0.05) is 25.4 Å². The highest BCUT2D eigenvalue weighted by atomic mass is 16.5. The largest absolute Gasteiger partial charge is 0.478 e.